The van der Waals surface area contributed by atoms with E-state index in [0.29, 0.717) is 5.75 Å². The van der Waals surface area contributed by atoms with Crippen LogP contribution in [0.15, 0.2) is 23.1 Å². The average Bonchev–Trinajstić information content (AvgIpc) is 2.28. The number of anilines is 1. The maximum Gasteiger partial charge on any atom is 0.235 e. The van der Waals surface area contributed by atoms with Crippen molar-refractivity contribution in [2.45, 2.75) is 4.90 Å². The van der Waals surface area contributed by atoms with Crippen molar-refractivity contribution in [2.24, 2.45) is 0 Å². The maximum atomic E-state index is 11.9. The molecule has 0 saturated heterocycles. The van der Waals surface area contributed by atoms with Gasteiger partial charge in [-0.1, -0.05) is 0 Å². The van der Waals surface area contributed by atoms with Crippen LogP contribution in [0.3, 0.4) is 0 Å². The fourth-order valence-corrected chi connectivity index (χ4v) is 2.60. The molecule has 1 rings (SSSR count). The molecule has 1 aromatic carbocycles. The largest absolute Gasteiger partial charge is 0.497 e. The number of methoxy groups -OCH3 is 1. The first kappa shape index (κ1) is 13.3. The number of carbonyl (C=O) groups is 1. The van der Waals surface area contributed by atoms with Gasteiger partial charge in [0.25, 0.3) is 0 Å². The Kier molecular flexibility index (Phi) is 3.95. The summed E-state index contributed by atoms with van der Waals surface area (Å²) in [7, 11) is -0.967. The molecule has 0 aliphatic carbocycles. The lowest BCUT2D eigenvalue weighted by molar-refractivity contribution is -0.118. The van der Waals surface area contributed by atoms with E-state index < -0.39 is 21.5 Å². The smallest absolute Gasteiger partial charge is 0.235 e. The summed E-state index contributed by atoms with van der Waals surface area (Å²) in [5, 5.41) is 2.25. The molecule has 0 fully saturated rings. The van der Waals surface area contributed by atoms with Gasteiger partial charge in [0.15, 0.2) is 9.84 Å². The van der Waals surface area contributed by atoms with Gasteiger partial charge in [-0.3, -0.25) is 4.79 Å². The maximum absolute atomic E-state index is 11.9. The van der Waals surface area contributed by atoms with E-state index in [2.05, 4.69) is 5.32 Å². The van der Waals surface area contributed by atoms with Gasteiger partial charge in [0, 0.05) is 13.1 Å². The number of nitrogens with two attached hydrogens (primary N) is 1. The Bertz CT molecular complexity index is 525. The molecule has 1 amide bonds. The molecule has 7 heteroatoms. The Labute approximate surface area is 99.7 Å². The quantitative estimate of drug-likeness (QED) is 0.728. The van der Waals surface area contributed by atoms with Crippen molar-refractivity contribution in [3.05, 3.63) is 18.2 Å². The van der Waals surface area contributed by atoms with Crippen LogP contribution in [0, 0.1) is 0 Å². The Morgan fingerprint density at radius 1 is 1.47 bits per heavy atom. The monoisotopic (exact) mass is 258 g/mol. The fourth-order valence-electron chi connectivity index (χ4n) is 1.23. The van der Waals surface area contributed by atoms with E-state index in [4.69, 9.17) is 10.5 Å². The summed E-state index contributed by atoms with van der Waals surface area (Å²) >= 11 is 0. The van der Waals surface area contributed by atoms with E-state index in [9.17, 15) is 13.2 Å². The summed E-state index contributed by atoms with van der Waals surface area (Å²) in [5.74, 6) is -0.858. The molecule has 0 aliphatic heterocycles. The summed E-state index contributed by atoms with van der Waals surface area (Å²) in [6, 6.07) is 4.28. The van der Waals surface area contributed by atoms with Crippen LogP contribution in [-0.4, -0.2) is 34.2 Å². The molecule has 0 saturated carbocycles. The van der Waals surface area contributed by atoms with Crippen molar-refractivity contribution in [2.75, 3.05) is 25.6 Å². The van der Waals surface area contributed by atoms with E-state index in [1.165, 1.54) is 26.3 Å². The summed E-state index contributed by atoms with van der Waals surface area (Å²) in [5.41, 5.74) is 5.67. The molecule has 3 N–H and O–H groups in total. The summed E-state index contributed by atoms with van der Waals surface area (Å²) in [6.07, 6.45) is 0. The van der Waals surface area contributed by atoms with Gasteiger partial charge in [0.2, 0.25) is 5.91 Å². The van der Waals surface area contributed by atoms with Crippen molar-refractivity contribution < 1.29 is 17.9 Å². The van der Waals surface area contributed by atoms with Crippen molar-refractivity contribution in [1.82, 2.24) is 5.32 Å². The topological polar surface area (TPSA) is 98.5 Å². The molecule has 0 radical (unpaired) electrons. The lowest BCUT2D eigenvalue weighted by atomic mass is 10.3. The fraction of sp³-hybridized carbons (Fsp3) is 0.300. The highest BCUT2D eigenvalue weighted by Crippen LogP contribution is 2.24. The number of sulfone groups is 1. The molecule has 94 valence electrons. The minimum atomic E-state index is -3.75. The highest BCUT2D eigenvalue weighted by atomic mass is 32.2. The molecule has 6 nitrogen and oxygen atoms in total. The number of carbonyl (C=O) groups excluding carboxylic acids is 1. The van der Waals surface area contributed by atoms with E-state index in [0.717, 1.165) is 0 Å². The van der Waals surface area contributed by atoms with Gasteiger partial charge in [0.1, 0.15) is 11.5 Å². The van der Waals surface area contributed by atoms with Crippen molar-refractivity contribution >= 4 is 21.4 Å². The first-order valence-electron chi connectivity index (χ1n) is 4.77. The second kappa shape index (κ2) is 5.05. The Morgan fingerprint density at radius 2 is 2.12 bits per heavy atom. The highest BCUT2D eigenvalue weighted by molar-refractivity contribution is 7.92. The van der Waals surface area contributed by atoms with Crippen LogP contribution in [0.1, 0.15) is 0 Å². The molecule has 0 unspecified atom stereocenters. The van der Waals surface area contributed by atoms with Gasteiger partial charge in [-0.25, -0.2) is 8.42 Å². The molecule has 0 heterocycles. The molecule has 0 atom stereocenters. The average molecular weight is 258 g/mol. The number of hydrogen-bond donors (Lipinski definition) is 2. The van der Waals surface area contributed by atoms with Crippen LogP contribution in [0.5, 0.6) is 5.75 Å². The molecule has 0 aromatic heterocycles. The summed E-state index contributed by atoms with van der Waals surface area (Å²) in [4.78, 5) is 11.0. The van der Waals surface area contributed by atoms with E-state index in [1.807, 2.05) is 0 Å². The summed E-state index contributed by atoms with van der Waals surface area (Å²) in [6.45, 7) is 0. The predicted octanol–water partition coefficient (Wildman–Crippen LogP) is -0.203. The van der Waals surface area contributed by atoms with Gasteiger partial charge in [-0.05, 0) is 12.1 Å². The van der Waals surface area contributed by atoms with E-state index in [-0.39, 0.29) is 10.6 Å². The van der Waals surface area contributed by atoms with Crippen molar-refractivity contribution in [3.8, 4) is 5.75 Å². The first-order valence-corrected chi connectivity index (χ1v) is 6.43. The number of hydrogen-bond acceptors (Lipinski definition) is 5. The summed E-state index contributed by atoms with van der Waals surface area (Å²) < 4.78 is 28.7. The van der Waals surface area contributed by atoms with Gasteiger partial charge in [-0.15, -0.1) is 0 Å². The molecular formula is C10H14N2O4S. The SMILES string of the molecule is CNC(=O)CS(=O)(=O)c1cc(OC)ccc1N. The number of ether oxygens (including phenoxy) is 1. The Morgan fingerprint density at radius 3 is 2.65 bits per heavy atom. The minimum absolute atomic E-state index is 0.0923. The molecule has 1 aromatic rings. The van der Waals surface area contributed by atoms with E-state index >= 15 is 0 Å². The van der Waals surface area contributed by atoms with Crippen LogP contribution in [0.2, 0.25) is 0 Å². The molecule has 17 heavy (non-hydrogen) atoms. The normalized spacial score (nSPS) is 10.9. The van der Waals surface area contributed by atoms with E-state index in [1.54, 1.807) is 6.07 Å². The van der Waals surface area contributed by atoms with Crippen molar-refractivity contribution in [1.29, 1.82) is 0 Å². The van der Waals surface area contributed by atoms with Crippen LogP contribution < -0.4 is 15.8 Å². The second-order valence-corrected chi connectivity index (χ2v) is 5.29. The predicted molar refractivity (Wildman–Crippen MR) is 63.5 cm³/mol. The van der Waals surface area contributed by atoms with Crippen molar-refractivity contribution in [3.63, 3.8) is 0 Å². The second-order valence-electron chi connectivity index (χ2n) is 3.34. The molecular weight excluding hydrogens is 244 g/mol. The van der Waals surface area contributed by atoms with Gasteiger partial charge >= 0.3 is 0 Å². The third-order valence-corrected chi connectivity index (χ3v) is 3.82. The third kappa shape index (κ3) is 3.10. The van der Waals surface area contributed by atoms with Gasteiger partial charge < -0.3 is 15.8 Å². The number of rotatable bonds is 4. The lowest BCUT2D eigenvalue weighted by Crippen LogP contribution is -2.27. The Hall–Kier alpha value is -1.76. The number of nitrogen functional groups attached to an aromatic ring is 1. The minimum Gasteiger partial charge on any atom is -0.497 e. The standard InChI is InChI=1S/C10H14N2O4S/c1-12-10(13)6-17(14,15)9-5-7(16-2)3-4-8(9)11/h3-5H,6,11H2,1-2H3,(H,12,13). The first-order chi connectivity index (χ1) is 7.90. The Balaban J connectivity index is 3.18. The van der Waals surface area contributed by atoms with Crippen LogP contribution >= 0.6 is 0 Å². The highest BCUT2D eigenvalue weighted by Gasteiger charge is 2.21. The zero-order chi connectivity index (χ0) is 13.1. The van der Waals surface area contributed by atoms with Crippen LogP contribution in [-0.2, 0) is 14.6 Å². The zero-order valence-corrected chi connectivity index (χ0v) is 10.4. The molecule has 0 spiro atoms. The number of amides is 1. The lowest BCUT2D eigenvalue weighted by Gasteiger charge is -2.08. The van der Waals surface area contributed by atoms with Gasteiger partial charge in [0.05, 0.1) is 17.7 Å². The zero-order valence-electron chi connectivity index (χ0n) is 9.56. The third-order valence-electron chi connectivity index (χ3n) is 2.16. The van der Waals surface area contributed by atoms with Crippen LogP contribution in [0.25, 0.3) is 0 Å². The number of nitrogens with one attached hydrogen (secondary N) is 1. The number of benzene rings is 1. The van der Waals surface area contributed by atoms with Crippen LogP contribution in [0.4, 0.5) is 5.69 Å². The molecule has 0 aliphatic rings. The molecule has 0 bridgehead atoms. The van der Waals surface area contributed by atoms with Gasteiger partial charge in [-0.2, -0.15) is 0 Å².